The minimum atomic E-state index is 0.606. The second kappa shape index (κ2) is 23.6. The monoisotopic (exact) mass is 1430 g/mol. The van der Waals surface area contributed by atoms with E-state index in [9.17, 15) is 5.26 Å². The first-order valence-electron chi connectivity index (χ1n) is 37.9. The number of benzene rings is 17. The molecule has 0 fully saturated rings. The van der Waals surface area contributed by atoms with Gasteiger partial charge in [-0.2, -0.15) is 5.26 Å². The van der Waals surface area contributed by atoms with Crippen molar-refractivity contribution in [3.63, 3.8) is 0 Å². The van der Waals surface area contributed by atoms with Gasteiger partial charge in [0.1, 0.15) is 6.07 Å². The summed E-state index contributed by atoms with van der Waals surface area (Å²) in [6.07, 6.45) is 0. The normalized spacial score (nSPS) is 12.1. The van der Waals surface area contributed by atoms with Crippen LogP contribution in [0.3, 0.4) is 0 Å². The van der Waals surface area contributed by atoms with Crippen molar-refractivity contribution in [3.8, 4) is 73.6 Å². The maximum absolute atomic E-state index is 12.7. The van der Waals surface area contributed by atoms with Crippen molar-refractivity contribution in [2.75, 3.05) is 0 Å². The molecule has 0 N–H and O–H groups in total. The van der Waals surface area contributed by atoms with Crippen LogP contribution in [0.5, 0.6) is 0 Å². The van der Waals surface area contributed by atoms with Gasteiger partial charge < -0.3 is 27.4 Å². The number of rotatable bonds is 9. The van der Waals surface area contributed by atoms with Crippen LogP contribution >= 0.6 is 11.3 Å². The van der Waals surface area contributed by atoms with Crippen LogP contribution in [0.4, 0.5) is 0 Å². The lowest BCUT2D eigenvalue weighted by Crippen LogP contribution is -2.12. The van der Waals surface area contributed by atoms with Crippen molar-refractivity contribution in [1.82, 2.24) is 27.4 Å². The van der Waals surface area contributed by atoms with Gasteiger partial charge in [-0.1, -0.05) is 218 Å². The highest BCUT2D eigenvalue weighted by Gasteiger charge is 2.33. The molecule has 0 atom stereocenters. The molecule has 0 saturated heterocycles. The van der Waals surface area contributed by atoms with E-state index in [0.717, 1.165) is 170 Å². The van der Waals surface area contributed by atoms with Crippen LogP contribution in [0, 0.1) is 11.3 Å². The molecule has 7 aromatic heterocycles. The van der Waals surface area contributed by atoms with Gasteiger partial charge in [0, 0.05) is 97.2 Å². The number of fused-ring (bicyclic) bond motifs is 21. The average molecular weight is 1430 g/mol. The van der Waals surface area contributed by atoms with Gasteiger partial charge in [-0.3, -0.25) is 0 Å². The summed E-state index contributed by atoms with van der Waals surface area (Å²) in [5.41, 5.74) is 26.6. The zero-order valence-electron chi connectivity index (χ0n) is 59.8. The summed E-state index contributed by atoms with van der Waals surface area (Å²) >= 11 is 1.71. The molecule has 17 aromatic carbocycles. The Balaban J connectivity index is 0.795. The van der Waals surface area contributed by atoms with Gasteiger partial charge in [0.2, 0.25) is 0 Å². The summed E-state index contributed by atoms with van der Waals surface area (Å²) in [4.78, 5) is 0. The molecule has 8 heteroatoms. The Morgan fingerprint density at radius 2 is 0.432 bits per heavy atom. The van der Waals surface area contributed by atoms with Gasteiger partial charge in [-0.15, -0.1) is 11.3 Å². The maximum atomic E-state index is 12.7. The SMILES string of the molecule is N#Cc1c(-n2c3ccccc3c3cc(-c4ccc5c(c4)c4ccccc4n5-c4ccccc4)ccc32)c(-n2c3ccccc3c3cc(-c4ccc5c(c4)c4ccccc4n5-c4ccccc4)ccc32)c(-n2c3ccccc3c3cc(-c4ccc5c(c4)c4ccccc4n5-c4ccccc4)ccc32)c2c1sc1ccccc12. The fourth-order valence-electron chi connectivity index (χ4n) is 18.9. The van der Waals surface area contributed by atoms with Crippen molar-refractivity contribution in [2.45, 2.75) is 0 Å². The topological polar surface area (TPSA) is 53.4 Å². The highest BCUT2D eigenvalue weighted by Crippen LogP contribution is 2.53. The number of hydrogen-bond acceptors (Lipinski definition) is 2. The smallest absolute Gasteiger partial charge is 0.103 e. The summed E-state index contributed by atoms with van der Waals surface area (Å²) in [5, 5.41) is 28.7. The Labute approximate surface area is 639 Å². The molecular formula is C103H61N7S. The molecule has 7 nitrogen and oxygen atoms in total. The van der Waals surface area contributed by atoms with Crippen LogP contribution in [0.25, 0.3) is 219 Å². The number of para-hydroxylation sites is 9. The summed E-state index contributed by atoms with van der Waals surface area (Å²) < 4.78 is 16.7. The average Bonchev–Trinajstić information content (AvgIpc) is 1.54. The van der Waals surface area contributed by atoms with Crippen molar-refractivity contribution < 1.29 is 0 Å². The second-order valence-electron chi connectivity index (χ2n) is 29.3. The minimum absolute atomic E-state index is 0.606. The van der Waals surface area contributed by atoms with Crippen LogP contribution in [0.15, 0.2) is 370 Å². The summed E-state index contributed by atoms with van der Waals surface area (Å²) in [6, 6.07) is 139. The van der Waals surface area contributed by atoms with Crippen molar-refractivity contribution >= 4 is 162 Å². The number of nitriles is 1. The first-order valence-corrected chi connectivity index (χ1v) is 38.7. The van der Waals surface area contributed by atoms with Crippen LogP contribution in [0.1, 0.15) is 5.56 Å². The maximum Gasteiger partial charge on any atom is 0.103 e. The molecular weight excluding hydrogens is 1370 g/mol. The van der Waals surface area contributed by atoms with E-state index in [1.165, 1.54) is 48.9 Å². The fraction of sp³-hybridized carbons (Fsp3) is 0. The first kappa shape index (κ1) is 61.4. The third-order valence-electron chi connectivity index (χ3n) is 23.6. The van der Waals surface area contributed by atoms with E-state index in [2.05, 4.69) is 404 Å². The summed E-state index contributed by atoms with van der Waals surface area (Å²) in [5.74, 6) is 0. The Bertz CT molecular complexity index is 8150. The zero-order chi connectivity index (χ0) is 72.7. The van der Waals surface area contributed by atoms with Crippen molar-refractivity contribution in [2.24, 2.45) is 0 Å². The molecule has 0 unspecified atom stereocenters. The van der Waals surface area contributed by atoms with E-state index in [4.69, 9.17) is 0 Å². The number of nitrogens with zero attached hydrogens (tertiary/aromatic N) is 7. The highest BCUT2D eigenvalue weighted by molar-refractivity contribution is 7.26. The van der Waals surface area contributed by atoms with Crippen LogP contribution < -0.4 is 0 Å². The fourth-order valence-corrected chi connectivity index (χ4v) is 20.1. The standard InChI is InChI=1S/C103H61N7S/c104-62-85-100(108-89-40-20-13-33-75(89)82-59-66(47-53-95(82)108)63-44-50-92-79(56-63)72-30-10-17-37-86(72)105(92)69-24-4-1-5-25-69)102(110-91-42-22-15-35-77(91)84-61-68(49-55-97(84)110)65-46-52-94-81(58-65)74-32-12-19-39-88(74)107(94)71-28-8-3-9-29-71)101(99-78-36-16-23-43-98(78)111-103(85)99)109-90-41-21-14-34-76(90)83-60-67(48-54-96(83)109)64-45-51-93-80(57-64)73-31-11-18-38-87(73)106(93)70-26-6-2-7-27-70/h1-61H. The number of hydrogen-bond donors (Lipinski definition) is 0. The molecule has 0 aliphatic carbocycles. The van der Waals surface area contributed by atoms with Crippen LogP contribution in [-0.2, 0) is 0 Å². The summed E-state index contributed by atoms with van der Waals surface area (Å²) in [6.45, 7) is 0. The lowest BCUT2D eigenvalue weighted by molar-refractivity contribution is 1.06. The Hall–Kier alpha value is -14.8. The first-order chi connectivity index (χ1) is 55.1. The van der Waals surface area contributed by atoms with Gasteiger partial charge in [0.05, 0.1) is 93.5 Å². The van der Waals surface area contributed by atoms with Crippen LogP contribution in [-0.4, -0.2) is 27.4 Å². The predicted octanol–water partition coefficient (Wildman–Crippen LogP) is 27.5. The lowest BCUT2D eigenvalue weighted by Gasteiger charge is -2.24. The Kier molecular flexibility index (Phi) is 13.1. The van der Waals surface area contributed by atoms with Gasteiger partial charge in [-0.25, -0.2) is 0 Å². The minimum Gasteiger partial charge on any atom is -0.309 e. The molecule has 24 aromatic rings. The number of thiophene rings is 1. The number of aromatic nitrogens is 6. The molecule has 0 radical (unpaired) electrons. The van der Waals surface area contributed by atoms with E-state index < -0.39 is 0 Å². The van der Waals surface area contributed by atoms with E-state index in [0.29, 0.717) is 5.56 Å². The zero-order valence-corrected chi connectivity index (χ0v) is 60.6. The molecule has 0 amide bonds. The molecule has 0 bridgehead atoms. The summed E-state index contributed by atoms with van der Waals surface area (Å²) in [7, 11) is 0. The third-order valence-corrected chi connectivity index (χ3v) is 24.8. The van der Waals surface area contributed by atoms with E-state index in [-0.39, 0.29) is 0 Å². The van der Waals surface area contributed by atoms with Gasteiger partial charge in [0.25, 0.3) is 0 Å². The molecule has 0 aliphatic heterocycles. The van der Waals surface area contributed by atoms with Crippen molar-refractivity contribution in [1.29, 1.82) is 5.26 Å². The third kappa shape index (κ3) is 8.83. The van der Waals surface area contributed by atoms with Gasteiger partial charge >= 0.3 is 0 Å². The van der Waals surface area contributed by atoms with Gasteiger partial charge in [-0.05, 0) is 185 Å². The lowest BCUT2D eigenvalue weighted by atomic mass is 9.99. The van der Waals surface area contributed by atoms with Crippen molar-refractivity contribution in [3.05, 3.63) is 376 Å². The Morgan fingerprint density at radius 3 is 0.739 bits per heavy atom. The van der Waals surface area contributed by atoms with E-state index >= 15 is 0 Å². The largest absolute Gasteiger partial charge is 0.309 e. The molecule has 24 rings (SSSR count). The molecule has 0 spiro atoms. The highest BCUT2D eigenvalue weighted by atomic mass is 32.1. The van der Waals surface area contributed by atoms with Crippen LogP contribution in [0.2, 0.25) is 0 Å². The predicted molar refractivity (Wildman–Crippen MR) is 466 cm³/mol. The second-order valence-corrected chi connectivity index (χ2v) is 30.4. The molecule has 111 heavy (non-hydrogen) atoms. The van der Waals surface area contributed by atoms with Gasteiger partial charge in [0.15, 0.2) is 0 Å². The molecule has 0 aliphatic rings. The molecule has 0 saturated carbocycles. The quantitative estimate of drug-likeness (QED) is 0.142. The Morgan fingerprint density at radius 1 is 0.198 bits per heavy atom. The molecule has 7 heterocycles. The molecule has 514 valence electrons. The van der Waals surface area contributed by atoms with E-state index in [1.807, 2.05) is 0 Å². The van der Waals surface area contributed by atoms with E-state index in [1.54, 1.807) is 11.3 Å².